The standard InChI is InChI=1S/C13H8ClIO2/c14-9-5-7-10(8-6-9)17-13(16)11-3-1-2-4-12(11)15/h1-8H. The molecule has 0 aliphatic rings. The van der Waals surface area contributed by atoms with Crippen molar-refractivity contribution < 1.29 is 9.53 Å². The molecule has 0 heterocycles. The lowest BCUT2D eigenvalue weighted by Gasteiger charge is -2.05. The van der Waals surface area contributed by atoms with Gasteiger partial charge in [0.05, 0.1) is 5.56 Å². The summed E-state index contributed by atoms with van der Waals surface area (Å²) in [6.07, 6.45) is 0. The van der Waals surface area contributed by atoms with E-state index in [1.54, 1.807) is 36.4 Å². The van der Waals surface area contributed by atoms with Gasteiger partial charge in [0, 0.05) is 8.59 Å². The largest absolute Gasteiger partial charge is 0.423 e. The van der Waals surface area contributed by atoms with Gasteiger partial charge in [-0.3, -0.25) is 0 Å². The molecule has 17 heavy (non-hydrogen) atoms. The third-order valence-electron chi connectivity index (χ3n) is 2.12. The molecule has 0 aromatic heterocycles. The number of halogens is 2. The van der Waals surface area contributed by atoms with E-state index in [0.717, 1.165) is 3.57 Å². The van der Waals surface area contributed by atoms with Gasteiger partial charge in [0.1, 0.15) is 5.75 Å². The summed E-state index contributed by atoms with van der Waals surface area (Å²) in [4.78, 5) is 11.9. The van der Waals surface area contributed by atoms with Crippen molar-refractivity contribution in [2.24, 2.45) is 0 Å². The molecule has 0 saturated heterocycles. The van der Waals surface area contributed by atoms with Crippen molar-refractivity contribution in [3.8, 4) is 5.75 Å². The van der Waals surface area contributed by atoms with Crippen LogP contribution in [-0.2, 0) is 0 Å². The highest BCUT2D eigenvalue weighted by atomic mass is 127. The second-order valence-electron chi connectivity index (χ2n) is 3.32. The van der Waals surface area contributed by atoms with Crippen molar-refractivity contribution in [2.75, 3.05) is 0 Å². The van der Waals surface area contributed by atoms with E-state index in [1.165, 1.54) is 0 Å². The van der Waals surface area contributed by atoms with Crippen LogP contribution in [0.2, 0.25) is 5.02 Å². The zero-order valence-electron chi connectivity index (χ0n) is 8.69. The van der Waals surface area contributed by atoms with Gasteiger partial charge < -0.3 is 4.74 Å². The summed E-state index contributed by atoms with van der Waals surface area (Å²) < 4.78 is 6.10. The van der Waals surface area contributed by atoms with Gasteiger partial charge in [0.2, 0.25) is 0 Å². The topological polar surface area (TPSA) is 26.3 Å². The summed E-state index contributed by atoms with van der Waals surface area (Å²) in [7, 11) is 0. The predicted molar refractivity (Wildman–Crippen MR) is 75.6 cm³/mol. The first kappa shape index (κ1) is 12.4. The highest BCUT2D eigenvalue weighted by Gasteiger charge is 2.11. The molecule has 86 valence electrons. The van der Waals surface area contributed by atoms with Crippen molar-refractivity contribution in [3.05, 3.63) is 62.7 Å². The Bertz CT molecular complexity index is 537. The van der Waals surface area contributed by atoms with Crippen LogP contribution in [0, 0.1) is 3.57 Å². The van der Waals surface area contributed by atoms with Crippen molar-refractivity contribution in [1.29, 1.82) is 0 Å². The Hall–Kier alpha value is -1.07. The lowest BCUT2D eigenvalue weighted by atomic mass is 10.2. The highest BCUT2D eigenvalue weighted by Crippen LogP contribution is 2.18. The molecule has 0 spiro atoms. The summed E-state index contributed by atoms with van der Waals surface area (Å²) in [5.41, 5.74) is 0.558. The van der Waals surface area contributed by atoms with Gasteiger partial charge in [0.25, 0.3) is 0 Å². The molecular weight excluding hydrogens is 350 g/mol. The molecule has 0 unspecified atom stereocenters. The lowest BCUT2D eigenvalue weighted by molar-refractivity contribution is 0.0733. The van der Waals surface area contributed by atoms with Crippen LogP contribution in [0.3, 0.4) is 0 Å². The highest BCUT2D eigenvalue weighted by molar-refractivity contribution is 14.1. The average molecular weight is 359 g/mol. The van der Waals surface area contributed by atoms with E-state index in [2.05, 4.69) is 22.6 Å². The van der Waals surface area contributed by atoms with Gasteiger partial charge >= 0.3 is 5.97 Å². The molecule has 0 atom stereocenters. The van der Waals surface area contributed by atoms with Gasteiger partial charge in [-0.25, -0.2) is 4.79 Å². The van der Waals surface area contributed by atoms with Crippen LogP contribution in [0.1, 0.15) is 10.4 Å². The second kappa shape index (κ2) is 5.51. The fourth-order valence-corrected chi connectivity index (χ4v) is 2.02. The van der Waals surface area contributed by atoms with Crippen LogP contribution in [0.4, 0.5) is 0 Å². The molecule has 0 radical (unpaired) electrons. The van der Waals surface area contributed by atoms with Gasteiger partial charge in [-0.1, -0.05) is 23.7 Å². The molecule has 2 aromatic rings. The predicted octanol–water partition coefficient (Wildman–Crippen LogP) is 4.16. The summed E-state index contributed by atoms with van der Waals surface area (Å²) in [6.45, 7) is 0. The number of esters is 1. The van der Waals surface area contributed by atoms with Crippen LogP contribution in [0.25, 0.3) is 0 Å². The van der Waals surface area contributed by atoms with E-state index < -0.39 is 0 Å². The number of carbonyl (C=O) groups excluding carboxylic acids is 1. The minimum Gasteiger partial charge on any atom is -0.423 e. The van der Waals surface area contributed by atoms with E-state index >= 15 is 0 Å². The zero-order chi connectivity index (χ0) is 12.3. The molecule has 2 nitrogen and oxygen atoms in total. The molecule has 0 fully saturated rings. The van der Waals surface area contributed by atoms with Crippen LogP contribution >= 0.6 is 34.2 Å². The second-order valence-corrected chi connectivity index (χ2v) is 4.92. The zero-order valence-corrected chi connectivity index (χ0v) is 11.6. The number of hydrogen-bond acceptors (Lipinski definition) is 2. The summed E-state index contributed by atoms with van der Waals surface area (Å²) >= 11 is 7.85. The molecule has 4 heteroatoms. The molecule has 0 bridgehead atoms. The van der Waals surface area contributed by atoms with Crippen LogP contribution in [-0.4, -0.2) is 5.97 Å². The minimum atomic E-state index is -0.364. The fraction of sp³-hybridized carbons (Fsp3) is 0. The lowest BCUT2D eigenvalue weighted by Crippen LogP contribution is -2.09. The Morgan fingerprint density at radius 3 is 2.35 bits per heavy atom. The average Bonchev–Trinajstić information content (AvgIpc) is 2.32. The van der Waals surface area contributed by atoms with E-state index in [0.29, 0.717) is 16.3 Å². The molecular formula is C13H8ClIO2. The van der Waals surface area contributed by atoms with E-state index in [4.69, 9.17) is 16.3 Å². The molecule has 0 amide bonds. The number of ether oxygens (including phenoxy) is 1. The molecule has 2 rings (SSSR count). The van der Waals surface area contributed by atoms with Crippen molar-refractivity contribution in [3.63, 3.8) is 0 Å². The Kier molecular flexibility index (Phi) is 4.02. The molecule has 0 saturated carbocycles. The first-order valence-corrected chi connectivity index (χ1v) is 6.35. The molecule has 0 N–H and O–H groups in total. The molecule has 0 aliphatic heterocycles. The van der Waals surface area contributed by atoms with Gasteiger partial charge in [0.15, 0.2) is 0 Å². The summed E-state index contributed by atoms with van der Waals surface area (Å²) in [5, 5.41) is 0.610. The van der Waals surface area contributed by atoms with Crippen LogP contribution in [0.15, 0.2) is 48.5 Å². The third-order valence-corrected chi connectivity index (χ3v) is 3.31. The molecule has 2 aromatic carbocycles. The normalized spacial score (nSPS) is 10.0. The van der Waals surface area contributed by atoms with Gasteiger partial charge in [-0.15, -0.1) is 0 Å². The Labute approximate surface area is 118 Å². The number of rotatable bonds is 2. The van der Waals surface area contributed by atoms with Crippen molar-refractivity contribution >= 4 is 40.2 Å². The van der Waals surface area contributed by atoms with Gasteiger partial charge in [-0.05, 0) is 59.0 Å². The maximum atomic E-state index is 11.9. The fourth-order valence-electron chi connectivity index (χ4n) is 1.29. The Morgan fingerprint density at radius 1 is 1.06 bits per heavy atom. The first-order chi connectivity index (χ1) is 8.16. The van der Waals surface area contributed by atoms with Crippen LogP contribution in [0.5, 0.6) is 5.75 Å². The first-order valence-electron chi connectivity index (χ1n) is 4.89. The quantitative estimate of drug-likeness (QED) is 0.458. The van der Waals surface area contributed by atoms with Gasteiger partial charge in [-0.2, -0.15) is 0 Å². The summed E-state index contributed by atoms with van der Waals surface area (Å²) in [5.74, 6) is 0.122. The minimum absolute atomic E-state index is 0.364. The van der Waals surface area contributed by atoms with E-state index in [1.807, 2.05) is 12.1 Å². The van der Waals surface area contributed by atoms with E-state index in [9.17, 15) is 4.79 Å². The van der Waals surface area contributed by atoms with E-state index in [-0.39, 0.29) is 5.97 Å². The smallest absolute Gasteiger partial charge is 0.344 e. The monoisotopic (exact) mass is 358 g/mol. The maximum Gasteiger partial charge on any atom is 0.344 e. The van der Waals surface area contributed by atoms with Crippen molar-refractivity contribution in [1.82, 2.24) is 0 Å². The third kappa shape index (κ3) is 3.20. The number of benzene rings is 2. The SMILES string of the molecule is O=C(Oc1ccc(Cl)cc1)c1ccccc1I. The maximum absolute atomic E-state index is 11.9. The van der Waals surface area contributed by atoms with Crippen molar-refractivity contribution in [2.45, 2.75) is 0 Å². The number of carbonyl (C=O) groups is 1. The molecule has 0 aliphatic carbocycles. The Balaban J connectivity index is 2.17. The summed E-state index contributed by atoms with van der Waals surface area (Å²) in [6, 6.07) is 14.0. The Morgan fingerprint density at radius 2 is 1.71 bits per heavy atom. The van der Waals surface area contributed by atoms with Crippen LogP contribution < -0.4 is 4.74 Å². The number of hydrogen-bond donors (Lipinski definition) is 0.